The third-order valence-electron chi connectivity index (χ3n) is 15.3. The fourth-order valence-corrected chi connectivity index (χ4v) is 10.9. The fourth-order valence-electron chi connectivity index (χ4n) is 10.9. The second-order valence-corrected chi connectivity index (χ2v) is 20.3. The van der Waals surface area contributed by atoms with Gasteiger partial charge in [0.1, 0.15) is 0 Å². The monoisotopic (exact) mass is 1200 g/mol. The van der Waals surface area contributed by atoms with Gasteiger partial charge in [0.25, 0.3) is 0 Å². The molecule has 3 heterocycles. The Morgan fingerprint density at radius 2 is 1.04 bits per heavy atom. The molecule has 2 aromatic heterocycles. The zero-order chi connectivity index (χ0) is 53.0. The summed E-state index contributed by atoms with van der Waals surface area (Å²) in [5.41, 5.74) is 24.9. The molecule has 1 radical (unpaired) electrons. The van der Waals surface area contributed by atoms with E-state index in [-0.39, 0.29) is 26.3 Å². The molecule has 9 aromatic carbocycles. The van der Waals surface area contributed by atoms with E-state index in [1.54, 1.807) is 0 Å². The first kappa shape index (κ1) is 52.4. The molecule has 1 aliphatic rings. The van der Waals surface area contributed by atoms with Gasteiger partial charge in [0, 0.05) is 49.1 Å². The van der Waals surface area contributed by atoms with Crippen LogP contribution < -0.4 is 4.90 Å². The summed E-state index contributed by atoms with van der Waals surface area (Å²) < 4.78 is 2.24. The van der Waals surface area contributed by atoms with Gasteiger partial charge in [0.2, 0.25) is 0 Å². The van der Waals surface area contributed by atoms with Crippen molar-refractivity contribution in [3.05, 3.63) is 305 Å². The van der Waals surface area contributed by atoms with Crippen LogP contribution in [0.5, 0.6) is 0 Å². The van der Waals surface area contributed by atoms with Crippen LogP contribution >= 0.6 is 0 Å². The number of hydrogen-bond donors (Lipinski definition) is 0. The Balaban J connectivity index is 0.00000660. The van der Waals surface area contributed by atoms with E-state index in [4.69, 9.17) is 15.3 Å². The van der Waals surface area contributed by atoms with Crippen molar-refractivity contribution in [2.24, 2.45) is 0 Å². The van der Waals surface area contributed by atoms with Gasteiger partial charge >= 0.3 is 0 Å². The summed E-state index contributed by atoms with van der Waals surface area (Å²) in [6.45, 7) is 8.47. The average Bonchev–Trinajstić information content (AvgIpc) is 4.12. The predicted octanol–water partition coefficient (Wildman–Crippen LogP) is 18.0. The Morgan fingerprint density at radius 3 is 1.68 bits per heavy atom. The van der Waals surface area contributed by atoms with Crippen molar-refractivity contribution < 1.29 is 20.1 Å². The number of para-hydroxylation sites is 2. The van der Waals surface area contributed by atoms with Gasteiger partial charge in [-0.1, -0.05) is 182 Å². The molecule has 0 amide bonds. The number of pyridine rings is 1. The molecule has 11 aromatic rings. The Hall–Kier alpha value is -8.67. The Morgan fingerprint density at radius 1 is 0.456 bits per heavy atom. The van der Waals surface area contributed by atoms with Gasteiger partial charge in [-0.15, -0.1) is 64.9 Å². The number of nitrogens with zero attached hydrogens (tertiary/aromatic N) is 5. The molecule has 0 saturated heterocycles. The minimum Gasteiger partial charge on any atom is -0.665 e. The van der Waals surface area contributed by atoms with Crippen LogP contribution in [0.15, 0.2) is 242 Å². The van der Waals surface area contributed by atoms with E-state index in [0.717, 1.165) is 105 Å². The molecular formula is C73H59IrN5-4. The molecule has 5 nitrogen and oxygen atoms in total. The summed E-state index contributed by atoms with van der Waals surface area (Å²) >= 11 is 0. The standard InChI is InChI=1S/C73H59N5.Ir/c1-50-52(3)77(65-20-10-6-11-21-65)72(75-50)61-35-31-54(32-36-61)27-29-56-46-57(30-28-55-33-37-62(38-34-55)73-76-51(2)53(4)78(73)66-22-12-7-13-23-66)48-64(47-56)67-24-14-15-25-68(67)69-44-43-63(71-26-16-17-45-74-71)49-70(69)60-41-39-59(40-42-60)58-18-8-5-9-19-58;/h5-26,31-35,37,39-42,44-49,72H,27-30H2,1-4H3;/q-4;. The third-order valence-corrected chi connectivity index (χ3v) is 15.3. The van der Waals surface area contributed by atoms with Gasteiger partial charge in [-0.2, -0.15) is 35.4 Å². The molecule has 79 heavy (non-hydrogen) atoms. The van der Waals surface area contributed by atoms with Gasteiger partial charge in [-0.25, -0.2) is 0 Å². The maximum absolute atomic E-state index is 5.09. The summed E-state index contributed by atoms with van der Waals surface area (Å²) in [6, 6.07) is 91.3. The number of hydrogen-bond acceptors (Lipinski definition) is 3. The molecule has 0 saturated carbocycles. The number of anilines is 1. The van der Waals surface area contributed by atoms with Crippen LogP contribution in [0, 0.1) is 32.0 Å². The first-order valence-corrected chi connectivity index (χ1v) is 27.0. The smallest absolute Gasteiger partial charge is 0.0608 e. The molecule has 1 aliphatic heterocycles. The maximum atomic E-state index is 5.09. The molecule has 12 rings (SSSR count). The van der Waals surface area contributed by atoms with E-state index in [1.165, 1.54) is 50.2 Å². The van der Waals surface area contributed by atoms with Crippen molar-refractivity contribution in [2.75, 3.05) is 4.90 Å². The molecule has 389 valence electrons. The van der Waals surface area contributed by atoms with Gasteiger partial charge in [0.05, 0.1) is 5.82 Å². The minimum absolute atomic E-state index is 0. The van der Waals surface area contributed by atoms with E-state index < -0.39 is 0 Å². The van der Waals surface area contributed by atoms with Crippen molar-refractivity contribution in [3.63, 3.8) is 0 Å². The van der Waals surface area contributed by atoms with E-state index in [0.29, 0.717) is 0 Å². The van der Waals surface area contributed by atoms with Crippen LogP contribution in [0.4, 0.5) is 5.69 Å². The molecule has 0 fully saturated rings. The molecule has 6 heteroatoms. The second-order valence-electron chi connectivity index (χ2n) is 20.3. The van der Waals surface area contributed by atoms with Gasteiger partial charge in [-0.05, 0) is 120 Å². The van der Waals surface area contributed by atoms with Crippen LogP contribution in [0.3, 0.4) is 0 Å². The molecule has 0 N–H and O–H groups in total. The summed E-state index contributed by atoms with van der Waals surface area (Å²) in [6.07, 6.45) is 5.21. The van der Waals surface area contributed by atoms with Crippen LogP contribution in [0.2, 0.25) is 0 Å². The van der Waals surface area contributed by atoms with E-state index in [9.17, 15) is 0 Å². The maximum Gasteiger partial charge on any atom is 0.0608 e. The first-order valence-electron chi connectivity index (χ1n) is 27.0. The minimum atomic E-state index is -0.140. The largest absolute Gasteiger partial charge is 0.665 e. The summed E-state index contributed by atoms with van der Waals surface area (Å²) in [5, 5.41) is 5.09. The first-order chi connectivity index (χ1) is 38.3. The Bertz CT molecular complexity index is 3890. The molecule has 1 atom stereocenters. The van der Waals surface area contributed by atoms with Gasteiger partial charge in [-0.3, -0.25) is 4.98 Å². The third kappa shape index (κ3) is 11.2. The SMILES string of the molecule is CC1=C(C)N(c2ccccc2)C(c2[c-]cc(CCc3cc(CCc4c[c-]c(-c5nc(C)c(C)n5-c5ccccc5)cc4)cc(-c4ccccc4-c4c[c-]c(-c5ccccn5)cc4-c4ccc(-c5ccccc5)cc4)c3)cc2)[N-]1.[Ir]. The molecule has 0 spiro atoms. The number of allylic oxidation sites excluding steroid dienone is 2. The average molecular weight is 1200 g/mol. The van der Waals surface area contributed by atoms with Gasteiger partial charge in [0.15, 0.2) is 0 Å². The molecule has 0 aliphatic carbocycles. The van der Waals surface area contributed by atoms with Crippen molar-refractivity contribution in [1.29, 1.82) is 0 Å². The van der Waals surface area contributed by atoms with Crippen molar-refractivity contribution in [3.8, 4) is 72.8 Å². The predicted molar refractivity (Wildman–Crippen MR) is 321 cm³/mol. The van der Waals surface area contributed by atoms with E-state index in [2.05, 4.69) is 268 Å². The number of aromatic nitrogens is 3. The molecule has 1 unspecified atom stereocenters. The van der Waals surface area contributed by atoms with Crippen LogP contribution in [0.1, 0.15) is 59.2 Å². The second kappa shape index (κ2) is 23.5. The number of benzene rings is 9. The van der Waals surface area contributed by atoms with Crippen LogP contribution in [-0.2, 0) is 45.8 Å². The fraction of sp³-hybridized carbons (Fsp3) is 0.123. The quantitative estimate of drug-likeness (QED) is 0.0961. The summed E-state index contributed by atoms with van der Waals surface area (Å²) in [4.78, 5) is 12.1. The summed E-state index contributed by atoms with van der Waals surface area (Å²) in [7, 11) is 0. The van der Waals surface area contributed by atoms with Crippen molar-refractivity contribution in [2.45, 2.75) is 59.5 Å². The molecular weight excluding hydrogens is 1140 g/mol. The Labute approximate surface area is 479 Å². The van der Waals surface area contributed by atoms with E-state index in [1.807, 2.05) is 18.3 Å². The normalized spacial score (nSPS) is 13.1. The van der Waals surface area contributed by atoms with Crippen LogP contribution in [0.25, 0.3) is 78.2 Å². The zero-order valence-corrected chi connectivity index (χ0v) is 47.3. The molecule has 0 bridgehead atoms. The van der Waals surface area contributed by atoms with Crippen LogP contribution in [-0.4, -0.2) is 14.5 Å². The zero-order valence-electron chi connectivity index (χ0n) is 44.9. The Kier molecular flexibility index (Phi) is 15.6. The van der Waals surface area contributed by atoms with Gasteiger partial charge < -0.3 is 19.8 Å². The number of imidazole rings is 1. The van der Waals surface area contributed by atoms with Crippen molar-refractivity contribution in [1.82, 2.24) is 14.5 Å². The number of rotatable bonds is 15. The van der Waals surface area contributed by atoms with Crippen molar-refractivity contribution >= 4 is 5.69 Å². The topological polar surface area (TPSA) is 48.1 Å². The summed E-state index contributed by atoms with van der Waals surface area (Å²) in [5.74, 6) is 0.909. The van der Waals surface area contributed by atoms with E-state index >= 15 is 0 Å². The number of aryl methyl sites for hydroxylation is 5.